The fourth-order valence-electron chi connectivity index (χ4n) is 2.63. The van der Waals surface area contributed by atoms with Crippen molar-refractivity contribution in [1.29, 1.82) is 0 Å². The normalized spacial score (nSPS) is 18.4. The number of hydrogen-bond acceptors (Lipinski definition) is 2. The van der Waals surface area contributed by atoms with Crippen LogP contribution in [-0.4, -0.2) is 11.3 Å². The molecule has 1 atom stereocenters. The number of para-hydroxylation sites is 1. The first-order valence-corrected chi connectivity index (χ1v) is 7.86. The Labute approximate surface area is 118 Å². The highest BCUT2D eigenvalue weighted by atomic mass is 32.2. The van der Waals surface area contributed by atoms with Gasteiger partial charge in [-0.2, -0.15) is 0 Å². The van der Waals surface area contributed by atoms with E-state index in [0.717, 1.165) is 18.5 Å². The molecule has 1 aliphatic heterocycles. The third-order valence-corrected chi connectivity index (χ3v) is 4.43. The standard InChI is InChI=1S/C17H17NS/c1-19-17-15(13-7-3-2-4-8-13)12-11-14-9-5-6-10-16(14)18-17/h2-10,15H,11-12H2,1H3/t15-/m1/s1. The first kappa shape index (κ1) is 12.5. The van der Waals surface area contributed by atoms with Gasteiger partial charge in [0.15, 0.2) is 0 Å². The Kier molecular flexibility index (Phi) is 3.69. The Balaban J connectivity index is 2.02. The van der Waals surface area contributed by atoms with Crippen molar-refractivity contribution in [3.05, 3.63) is 65.7 Å². The molecule has 0 fully saturated rings. The predicted octanol–water partition coefficient (Wildman–Crippen LogP) is 4.81. The summed E-state index contributed by atoms with van der Waals surface area (Å²) in [4.78, 5) is 4.90. The van der Waals surface area contributed by atoms with Crippen LogP contribution in [0.4, 0.5) is 5.69 Å². The molecule has 0 aromatic heterocycles. The SMILES string of the molecule is CSC1=Nc2ccccc2CC[C@@H]1c1ccccc1. The Hall–Kier alpha value is -1.54. The number of hydrogen-bond donors (Lipinski definition) is 0. The number of thioether (sulfide) groups is 1. The molecular weight excluding hydrogens is 250 g/mol. The van der Waals surface area contributed by atoms with Crippen LogP contribution in [-0.2, 0) is 6.42 Å². The second-order valence-electron chi connectivity index (χ2n) is 4.78. The summed E-state index contributed by atoms with van der Waals surface area (Å²) in [7, 11) is 0. The van der Waals surface area contributed by atoms with E-state index in [1.54, 1.807) is 11.8 Å². The van der Waals surface area contributed by atoms with Gasteiger partial charge in [0, 0.05) is 5.92 Å². The highest BCUT2D eigenvalue weighted by molar-refractivity contribution is 8.13. The smallest absolute Gasteiger partial charge is 0.0811 e. The lowest BCUT2D eigenvalue weighted by Crippen LogP contribution is -2.08. The van der Waals surface area contributed by atoms with Crippen molar-refractivity contribution in [3.8, 4) is 0 Å². The van der Waals surface area contributed by atoms with E-state index in [4.69, 9.17) is 4.99 Å². The summed E-state index contributed by atoms with van der Waals surface area (Å²) in [5.74, 6) is 0.434. The van der Waals surface area contributed by atoms with Gasteiger partial charge in [0.25, 0.3) is 0 Å². The quantitative estimate of drug-likeness (QED) is 0.722. The number of benzene rings is 2. The second kappa shape index (κ2) is 5.62. The van der Waals surface area contributed by atoms with Gasteiger partial charge in [-0.05, 0) is 36.3 Å². The number of aliphatic imine (C=N–C) groups is 1. The summed E-state index contributed by atoms with van der Waals surface area (Å²) in [6.45, 7) is 0. The van der Waals surface area contributed by atoms with Crippen molar-refractivity contribution >= 4 is 22.5 Å². The van der Waals surface area contributed by atoms with E-state index in [2.05, 4.69) is 60.9 Å². The summed E-state index contributed by atoms with van der Waals surface area (Å²) in [5.41, 5.74) is 3.89. The molecule has 2 aromatic rings. The highest BCUT2D eigenvalue weighted by Gasteiger charge is 2.21. The summed E-state index contributed by atoms with van der Waals surface area (Å²) < 4.78 is 0. The van der Waals surface area contributed by atoms with E-state index < -0.39 is 0 Å². The van der Waals surface area contributed by atoms with Crippen LogP contribution in [0.2, 0.25) is 0 Å². The molecule has 1 aliphatic rings. The van der Waals surface area contributed by atoms with Crippen molar-refractivity contribution in [2.75, 3.05) is 6.26 Å². The predicted molar refractivity (Wildman–Crippen MR) is 84.6 cm³/mol. The number of aryl methyl sites for hydroxylation is 1. The van der Waals surface area contributed by atoms with Gasteiger partial charge in [0.1, 0.15) is 0 Å². The van der Waals surface area contributed by atoms with Crippen molar-refractivity contribution in [3.63, 3.8) is 0 Å². The Morgan fingerprint density at radius 3 is 2.53 bits per heavy atom. The van der Waals surface area contributed by atoms with E-state index in [-0.39, 0.29) is 0 Å². The number of nitrogens with zero attached hydrogens (tertiary/aromatic N) is 1. The third kappa shape index (κ3) is 2.59. The lowest BCUT2D eigenvalue weighted by molar-refractivity contribution is 0.782. The van der Waals surface area contributed by atoms with Gasteiger partial charge < -0.3 is 0 Å². The topological polar surface area (TPSA) is 12.4 Å². The highest BCUT2D eigenvalue weighted by Crippen LogP contribution is 2.35. The van der Waals surface area contributed by atoms with Gasteiger partial charge in [-0.25, -0.2) is 4.99 Å². The zero-order chi connectivity index (χ0) is 13.1. The van der Waals surface area contributed by atoms with E-state index in [1.807, 2.05) is 0 Å². The molecule has 2 heteroatoms. The van der Waals surface area contributed by atoms with E-state index in [1.165, 1.54) is 16.2 Å². The number of fused-ring (bicyclic) bond motifs is 1. The maximum Gasteiger partial charge on any atom is 0.0811 e. The average Bonchev–Trinajstić information content (AvgIpc) is 2.67. The fraction of sp³-hybridized carbons (Fsp3) is 0.235. The summed E-state index contributed by atoms with van der Waals surface area (Å²) >= 11 is 1.78. The van der Waals surface area contributed by atoms with Gasteiger partial charge in [0.2, 0.25) is 0 Å². The van der Waals surface area contributed by atoms with Crippen LogP contribution >= 0.6 is 11.8 Å². The maximum atomic E-state index is 4.90. The molecular formula is C17H17NS. The summed E-state index contributed by atoms with van der Waals surface area (Å²) in [6.07, 6.45) is 4.37. The van der Waals surface area contributed by atoms with Gasteiger partial charge in [-0.15, -0.1) is 11.8 Å². The molecule has 1 nitrogen and oxygen atoms in total. The first-order valence-electron chi connectivity index (χ1n) is 6.64. The molecule has 96 valence electrons. The van der Waals surface area contributed by atoms with Gasteiger partial charge >= 0.3 is 0 Å². The van der Waals surface area contributed by atoms with E-state index >= 15 is 0 Å². The Morgan fingerprint density at radius 1 is 1.00 bits per heavy atom. The van der Waals surface area contributed by atoms with Crippen molar-refractivity contribution < 1.29 is 0 Å². The molecule has 0 unspecified atom stereocenters. The van der Waals surface area contributed by atoms with Gasteiger partial charge in [-0.3, -0.25) is 0 Å². The minimum atomic E-state index is 0.434. The molecule has 0 aliphatic carbocycles. The molecule has 3 rings (SSSR count). The zero-order valence-corrected chi connectivity index (χ0v) is 11.9. The summed E-state index contributed by atoms with van der Waals surface area (Å²) in [6, 6.07) is 19.2. The molecule has 1 heterocycles. The van der Waals surface area contributed by atoms with Crippen LogP contribution in [0, 0.1) is 0 Å². The van der Waals surface area contributed by atoms with E-state index in [0.29, 0.717) is 5.92 Å². The second-order valence-corrected chi connectivity index (χ2v) is 5.61. The van der Waals surface area contributed by atoms with Crippen LogP contribution in [0.25, 0.3) is 0 Å². The minimum Gasteiger partial charge on any atom is -0.246 e. The van der Waals surface area contributed by atoms with Gasteiger partial charge in [0.05, 0.1) is 10.7 Å². The van der Waals surface area contributed by atoms with Crippen molar-refractivity contribution in [2.45, 2.75) is 18.8 Å². The third-order valence-electron chi connectivity index (χ3n) is 3.63. The lowest BCUT2D eigenvalue weighted by Gasteiger charge is -2.16. The van der Waals surface area contributed by atoms with E-state index in [9.17, 15) is 0 Å². The monoisotopic (exact) mass is 267 g/mol. The number of rotatable bonds is 1. The Bertz CT molecular complexity index is 589. The molecule has 0 saturated carbocycles. The van der Waals surface area contributed by atoms with Crippen LogP contribution in [0.1, 0.15) is 23.5 Å². The molecule has 0 bridgehead atoms. The molecule has 0 saturated heterocycles. The van der Waals surface area contributed by atoms with Crippen molar-refractivity contribution in [2.24, 2.45) is 4.99 Å². The Morgan fingerprint density at radius 2 is 1.74 bits per heavy atom. The molecule has 2 aromatic carbocycles. The minimum absolute atomic E-state index is 0.434. The summed E-state index contributed by atoms with van der Waals surface area (Å²) in [5, 5.41) is 1.23. The largest absolute Gasteiger partial charge is 0.246 e. The maximum absolute atomic E-state index is 4.90. The lowest BCUT2D eigenvalue weighted by atomic mass is 9.94. The van der Waals surface area contributed by atoms with Gasteiger partial charge in [-0.1, -0.05) is 48.5 Å². The van der Waals surface area contributed by atoms with Crippen LogP contribution in [0.5, 0.6) is 0 Å². The van der Waals surface area contributed by atoms with Crippen LogP contribution in [0.15, 0.2) is 59.6 Å². The molecule has 19 heavy (non-hydrogen) atoms. The average molecular weight is 267 g/mol. The molecule has 0 N–H and O–H groups in total. The zero-order valence-electron chi connectivity index (χ0n) is 11.0. The molecule has 0 radical (unpaired) electrons. The fourth-order valence-corrected chi connectivity index (χ4v) is 3.36. The molecule has 0 amide bonds. The first-order chi connectivity index (χ1) is 9.38. The van der Waals surface area contributed by atoms with Crippen molar-refractivity contribution in [1.82, 2.24) is 0 Å². The van der Waals surface area contributed by atoms with Crippen LogP contribution < -0.4 is 0 Å². The molecule has 0 spiro atoms. The van der Waals surface area contributed by atoms with Crippen LogP contribution in [0.3, 0.4) is 0 Å².